The summed E-state index contributed by atoms with van der Waals surface area (Å²) in [6, 6.07) is 9.40. The van der Waals surface area contributed by atoms with E-state index >= 15 is 0 Å². The number of nitriles is 1. The number of unbranched alkanes of at least 4 members (excludes halogenated alkanes) is 2. The van der Waals surface area contributed by atoms with Crippen LogP contribution < -0.4 is 4.74 Å². The van der Waals surface area contributed by atoms with Crippen molar-refractivity contribution in [1.82, 2.24) is 0 Å². The third-order valence-corrected chi connectivity index (χ3v) is 3.29. The molecule has 0 aliphatic rings. The summed E-state index contributed by atoms with van der Waals surface area (Å²) >= 11 is 0. The fourth-order valence-corrected chi connectivity index (χ4v) is 1.79. The van der Waals surface area contributed by atoms with E-state index in [1.54, 1.807) is 12.1 Å². The van der Waals surface area contributed by atoms with Crippen molar-refractivity contribution >= 4 is 0 Å². The second kappa shape index (κ2) is 8.58. The smallest absolute Gasteiger partial charge is 0.119 e. The molecule has 0 amide bonds. The summed E-state index contributed by atoms with van der Waals surface area (Å²) in [4.78, 5) is 0. The first kappa shape index (κ1) is 14.6. The van der Waals surface area contributed by atoms with Gasteiger partial charge in [-0.15, -0.1) is 0 Å². The zero-order valence-corrected chi connectivity index (χ0v) is 11.5. The van der Waals surface area contributed by atoms with Gasteiger partial charge in [0.25, 0.3) is 0 Å². The van der Waals surface area contributed by atoms with Crippen molar-refractivity contribution in [1.29, 1.82) is 5.26 Å². The van der Waals surface area contributed by atoms with Crippen LogP contribution in [0.25, 0.3) is 0 Å². The Morgan fingerprint density at radius 2 is 1.89 bits per heavy atom. The maximum absolute atomic E-state index is 8.68. The second-order valence-corrected chi connectivity index (χ2v) is 4.85. The van der Waals surface area contributed by atoms with Gasteiger partial charge < -0.3 is 4.74 Å². The summed E-state index contributed by atoms with van der Waals surface area (Å²) in [7, 11) is 0. The average molecular weight is 245 g/mol. The monoisotopic (exact) mass is 245 g/mol. The summed E-state index contributed by atoms with van der Waals surface area (Å²) in [6.45, 7) is 5.33. The minimum atomic E-state index is 0.677. The van der Waals surface area contributed by atoms with E-state index in [2.05, 4.69) is 19.9 Å². The highest BCUT2D eigenvalue weighted by atomic mass is 16.5. The van der Waals surface area contributed by atoms with Gasteiger partial charge in [-0.1, -0.05) is 39.5 Å². The molecular weight excluding hydrogens is 222 g/mol. The van der Waals surface area contributed by atoms with Crippen LogP contribution in [0.1, 0.15) is 51.5 Å². The lowest BCUT2D eigenvalue weighted by Gasteiger charge is -2.08. The van der Waals surface area contributed by atoms with Crippen molar-refractivity contribution in [3.8, 4) is 11.8 Å². The van der Waals surface area contributed by atoms with Gasteiger partial charge in [-0.3, -0.25) is 0 Å². The Hall–Kier alpha value is -1.49. The molecular formula is C16H23NO. The van der Waals surface area contributed by atoms with E-state index in [1.165, 1.54) is 25.7 Å². The first-order chi connectivity index (χ1) is 8.76. The van der Waals surface area contributed by atoms with Gasteiger partial charge in [0, 0.05) is 0 Å². The zero-order valence-electron chi connectivity index (χ0n) is 11.5. The molecule has 0 aliphatic heterocycles. The molecule has 0 fully saturated rings. The van der Waals surface area contributed by atoms with Crippen molar-refractivity contribution in [2.75, 3.05) is 6.61 Å². The van der Waals surface area contributed by atoms with Crippen LogP contribution in [-0.4, -0.2) is 6.61 Å². The standard InChI is InChI=1S/C16H23NO/c1-3-14(2)7-5-4-6-12-18-16-10-8-15(13-17)9-11-16/h8-11,14H,3-7,12H2,1-2H3/t14-/m0/s1. The Balaban J connectivity index is 2.09. The lowest BCUT2D eigenvalue weighted by molar-refractivity contribution is 0.302. The van der Waals surface area contributed by atoms with Gasteiger partial charge in [0.05, 0.1) is 18.2 Å². The number of nitrogens with zero attached hydrogens (tertiary/aromatic N) is 1. The van der Waals surface area contributed by atoms with Gasteiger partial charge in [0.1, 0.15) is 5.75 Å². The van der Waals surface area contributed by atoms with E-state index < -0.39 is 0 Å². The fraction of sp³-hybridized carbons (Fsp3) is 0.562. The molecule has 0 spiro atoms. The number of hydrogen-bond donors (Lipinski definition) is 0. The molecule has 0 N–H and O–H groups in total. The first-order valence-corrected chi connectivity index (χ1v) is 6.89. The summed E-state index contributed by atoms with van der Waals surface area (Å²) in [5.41, 5.74) is 0.677. The van der Waals surface area contributed by atoms with Crippen molar-refractivity contribution in [3.63, 3.8) is 0 Å². The zero-order chi connectivity index (χ0) is 13.2. The van der Waals surface area contributed by atoms with Crippen LogP contribution in [0.5, 0.6) is 5.75 Å². The highest BCUT2D eigenvalue weighted by molar-refractivity contribution is 5.34. The fourth-order valence-electron chi connectivity index (χ4n) is 1.79. The Morgan fingerprint density at radius 3 is 2.50 bits per heavy atom. The Labute approximate surface area is 111 Å². The summed E-state index contributed by atoms with van der Waals surface area (Å²) in [5.74, 6) is 1.71. The summed E-state index contributed by atoms with van der Waals surface area (Å²) in [6.07, 6.45) is 6.25. The highest BCUT2D eigenvalue weighted by Crippen LogP contribution is 2.14. The minimum Gasteiger partial charge on any atom is -0.494 e. The van der Waals surface area contributed by atoms with Crippen LogP contribution >= 0.6 is 0 Å². The van der Waals surface area contributed by atoms with Crippen molar-refractivity contribution in [3.05, 3.63) is 29.8 Å². The van der Waals surface area contributed by atoms with E-state index in [0.717, 1.165) is 24.7 Å². The molecule has 18 heavy (non-hydrogen) atoms. The Kier molecular flexibility index (Phi) is 6.94. The number of benzene rings is 1. The SMILES string of the molecule is CC[C@H](C)CCCCCOc1ccc(C#N)cc1. The lowest BCUT2D eigenvalue weighted by Crippen LogP contribution is -1.98. The molecule has 0 bridgehead atoms. The Bertz CT molecular complexity index is 364. The summed E-state index contributed by atoms with van der Waals surface area (Å²) < 4.78 is 5.63. The molecule has 1 atom stereocenters. The average Bonchev–Trinajstić information content (AvgIpc) is 2.43. The second-order valence-electron chi connectivity index (χ2n) is 4.85. The van der Waals surface area contributed by atoms with Gasteiger partial charge in [-0.25, -0.2) is 0 Å². The third kappa shape index (κ3) is 5.72. The van der Waals surface area contributed by atoms with E-state index in [0.29, 0.717) is 5.56 Å². The summed E-state index contributed by atoms with van der Waals surface area (Å²) in [5, 5.41) is 8.68. The van der Waals surface area contributed by atoms with Crippen LogP contribution in [0, 0.1) is 17.2 Å². The molecule has 0 radical (unpaired) electrons. The number of hydrogen-bond acceptors (Lipinski definition) is 2. The predicted octanol–water partition coefficient (Wildman–Crippen LogP) is 4.54. The van der Waals surface area contributed by atoms with Gasteiger partial charge in [-0.05, 0) is 36.6 Å². The van der Waals surface area contributed by atoms with E-state index in [9.17, 15) is 0 Å². The van der Waals surface area contributed by atoms with Crippen LogP contribution in [0.2, 0.25) is 0 Å². The molecule has 1 rings (SSSR count). The highest BCUT2D eigenvalue weighted by Gasteiger charge is 1.99. The molecule has 2 nitrogen and oxygen atoms in total. The van der Waals surface area contributed by atoms with Gasteiger partial charge in [0.15, 0.2) is 0 Å². The van der Waals surface area contributed by atoms with Crippen LogP contribution in [0.15, 0.2) is 24.3 Å². The number of ether oxygens (including phenoxy) is 1. The van der Waals surface area contributed by atoms with Crippen molar-refractivity contribution < 1.29 is 4.74 Å². The van der Waals surface area contributed by atoms with Crippen molar-refractivity contribution in [2.45, 2.75) is 46.0 Å². The number of rotatable bonds is 8. The van der Waals surface area contributed by atoms with Crippen molar-refractivity contribution in [2.24, 2.45) is 5.92 Å². The van der Waals surface area contributed by atoms with E-state index in [-0.39, 0.29) is 0 Å². The van der Waals surface area contributed by atoms with Crippen LogP contribution in [0.3, 0.4) is 0 Å². The topological polar surface area (TPSA) is 33.0 Å². The molecule has 1 aromatic carbocycles. The first-order valence-electron chi connectivity index (χ1n) is 6.89. The molecule has 0 aliphatic carbocycles. The quantitative estimate of drug-likeness (QED) is 0.630. The van der Waals surface area contributed by atoms with Crippen LogP contribution in [0.4, 0.5) is 0 Å². The molecule has 98 valence electrons. The molecule has 0 aromatic heterocycles. The molecule has 0 heterocycles. The van der Waals surface area contributed by atoms with Gasteiger partial charge in [-0.2, -0.15) is 5.26 Å². The minimum absolute atomic E-state index is 0.677. The Morgan fingerprint density at radius 1 is 1.17 bits per heavy atom. The molecule has 1 aromatic rings. The van der Waals surface area contributed by atoms with E-state index in [4.69, 9.17) is 10.00 Å². The predicted molar refractivity (Wildman–Crippen MR) is 74.6 cm³/mol. The molecule has 0 unspecified atom stereocenters. The normalized spacial score (nSPS) is 11.8. The van der Waals surface area contributed by atoms with E-state index in [1.807, 2.05) is 12.1 Å². The van der Waals surface area contributed by atoms with Gasteiger partial charge >= 0.3 is 0 Å². The molecule has 0 saturated heterocycles. The van der Waals surface area contributed by atoms with Gasteiger partial charge in [0.2, 0.25) is 0 Å². The maximum atomic E-state index is 8.68. The third-order valence-electron chi connectivity index (χ3n) is 3.29. The lowest BCUT2D eigenvalue weighted by atomic mass is 10.0. The molecule has 0 saturated carbocycles. The molecule has 2 heteroatoms. The maximum Gasteiger partial charge on any atom is 0.119 e. The largest absolute Gasteiger partial charge is 0.494 e. The van der Waals surface area contributed by atoms with Crippen LogP contribution in [-0.2, 0) is 0 Å².